The van der Waals surface area contributed by atoms with E-state index in [0.29, 0.717) is 22.8 Å². The van der Waals surface area contributed by atoms with Gasteiger partial charge in [0, 0.05) is 10.6 Å². The highest BCUT2D eigenvalue weighted by atomic mass is 35.5. The first kappa shape index (κ1) is 12.6. The van der Waals surface area contributed by atoms with Crippen LogP contribution in [0.25, 0.3) is 11.3 Å². The molecule has 1 aromatic heterocycles. The van der Waals surface area contributed by atoms with E-state index in [1.165, 1.54) is 0 Å². The lowest BCUT2D eigenvalue weighted by Crippen LogP contribution is -2.04. The second-order valence-electron chi connectivity index (χ2n) is 3.83. The topological polar surface area (TPSA) is 50.2 Å². The van der Waals surface area contributed by atoms with Crippen molar-refractivity contribution in [2.75, 3.05) is 0 Å². The monoisotopic (exact) mass is 261 g/mol. The van der Waals surface area contributed by atoms with Gasteiger partial charge in [-0.25, -0.2) is 4.79 Å². The average molecular weight is 262 g/mol. The van der Waals surface area contributed by atoms with Gasteiger partial charge in [-0.05, 0) is 24.6 Å². The molecule has 0 bridgehead atoms. The van der Waals surface area contributed by atoms with Crippen molar-refractivity contribution in [1.29, 1.82) is 0 Å². The molecule has 2 aromatic rings. The van der Waals surface area contributed by atoms with Crippen LogP contribution in [-0.4, -0.2) is 16.1 Å². The summed E-state index contributed by atoms with van der Waals surface area (Å²) < 4.78 is 0. The van der Waals surface area contributed by atoms with Crippen LogP contribution in [0.2, 0.25) is 5.02 Å². The quantitative estimate of drug-likeness (QED) is 0.917. The second-order valence-corrected chi connectivity index (χ2v) is 4.24. The van der Waals surface area contributed by atoms with Gasteiger partial charge in [0.1, 0.15) is 0 Å². The number of aryl methyl sites for hydroxylation is 1. The lowest BCUT2D eigenvalue weighted by atomic mass is 10.1. The predicted octanol–water partition coefficient (Wildman–Crippen LogP) is 3.66. The molecule has 1 N–H and O–H groups in total. The number of aromatic nitrogens is 1. The Bertz CT molecular complexity index is 596. The number of carboxylic acids is 1. The first-order valence-corrected chi connectivity index (χ1v) is 5.99. The molecular weight excluding hydrogens is 250 g/mol. The van der Waals surface area contributed by atoms with Crippen LogP contribution >= 0.6 is 11.6 Å². The van der Waals surface area contributed by atoms with Crippen molar-refractivity contribution in [1.82, 2.24) is 4.98 Å². The molecule has 0 unspecified atom stereocenters. The van der Waals surface area contributed by atoms with Crippen LogP contribution < -0.4 is 0 Å². The van der Waals surface area contributed by atoms with Gasteiger partial charge in [-0.15, -0.1) is 0 Å². The van der Waals surface area contributed by atoms with Crippen LogP contribution in [0.5, 0.6) is 0 Å². The van der Waals surface area contributed by atoms with E-state index in [2.05, 4.69) is 4.98 Å². The maximum atomic E-state index is 11.0. The fourth-order valence-corrected chi connectivity index (χ4v) is 2.02. The third-order valence-electron chi connectivity index (χ3n) is 2.69. The number of carboxylic acid groups (broad SMARTS) is 1. The summed E-state index contributed by atoms with van der Waals surface area (Å²) in [5, 5.41) is 9.65. The minimum absolute atomic E-state index is 0.244. The molecule has 0 saturated carbocycles. The molecular formula is C14H12ClNO2. The number of rotatable bonds is 3. The Balaban J connectivity index is 2.55. The summed E-state index contributed by atoms with van der Waals surface area (Å²) in [4.78, 5) is 15.4. The molecule has 1 aromatic carbocycles. The molecule has 4 heteroatoms. The Morgan fingerprint density at radius 1 is 1.28 bits per heavy atom. The summed E-state index contributed by atoms with van der Waals surface area (Å²) in [6, 6.07) is 10.6. The summed E-state index contributed by atoms with van der Waals surface area (Å²) in [6.07, 6.45) is 0.569. The number of hydrogen-bond acceptors (Lipinski definition) is 2. The molecule has 1 heterocycles. The largest absolute Gasteiger partial charge is 0.478 e. The molecule has 92 valence electrons. The van der Waals surface area contributed by atoms with Crippen LogP contribution in [0, 0.1) is 0 Å². The van der Waals surface area contributed by atoms with Gasteiger partial charge in [-0.3, -0.25) is 4.98 Å². The molecule has 0 aliphatic carbocycles. The number of carbonyl (C=O) groups is 1. The maximum absolute atomic E-state index is 11.0. The Hall–Kier alpha value is -1.87. The first-order chi connectivity index (χ1) is 8.63. The molecule has 0 radical (unpaired) electrons. The van der Waals surface area contributed by atoms with Crippen LogP contribution in [-0.2, 0) is 6.42 Å². The van der Waals surface area contributed by atoms with Crippen molar-refractivity contribution in [3.05, 3.63) is 52.7 Å². The summed E-state index contributed by atoms with van der Waals surface area (Å²) in [6.45, 7) is 1.88. The number of nitrogens with zero attached hydrogens (tertiary/aromatic N) is 1. The molecule has 0 atom stereocenters. The van der Waals surface area contributed by atoms with E-state index >= 15 is 0 Å². The number of benzene rings is 1. The van der Waals surface area contributed by atoms with Crippen molar-refractivity contribution >= 4 is 17.6 Å². The predicted molar refractivity (Wildman–Crippen MR) is 71.0 cm³/mol. The fraction of sp³-hybridized carbons (Fsp3) is 0.143. The molecule has 2 rings (SSSR count). The van der Waals surface area contributed by atoms with Gasteiger partial charge in [0.25, 0.3) is 0 Å². The number of aromatic carboxylic acids is 1. The zero-order valence-electron chi connectivity index (χ0n) is 9.85. The Morgan fingerprint density at radius 2 is 2.00 bits per heavy atom. The van der Waals surface area contributed by atoms with E-state index in [-0.39, 0.29) is 5.56 Å². The second kappa shape index (κ2) is 5.19. The average Bonchev–Trinajstić information content (AvgIpc) is 2.38. The van der Waals surface area contributed by atoms with Gasteiger partial charge in [-0.2, -0.15) is 0 Å². The third kappa shape index (κ3) is 2.36. The number of pyridine rings is 1. The summed E-state index contributed by atoms with van der Waals surface area (Å²) in [7, 11) is 0. The molecule has 0 fully saturated rings. The van der Waals surface area contributed by atoms with E-state index in [0.717, 1.165) is 5.56 Å². The van der Waals surface area contributed by atoms with Crippen molar-refractivity contribution in [3.63, 3.8) is 0 Å². The molecule has 3 nitrogen and oxygen atoms in total. The van der Waals surface area contributed by atoms with E-state index < -0.39 is 5.97 Å². The van der Waals surface area contributed by atoms with Gasteiger partial charge in [0.05, 0.1) is 17.0 Å². The van der Waals surface area contributed by atoms with Crippen molar-refractivity contribution < 1.29 is 9.90 Å². The zero-order chi connectivity index (χ0) is 13.1. The zero-order valence-corrected chi connectivity index (χ0v) is 10.6. The van der Waals surface area contributed by atoms with Crippen LogP contribution in [0.1, 0.15) is 23.0 Å². The highest BCUT2D eigenvalue weighted by molar-refractivity contribution is 6.33. The van der Waals surface area contributed by atoms with Gasteiger partial charge >= 0.3 is 5.97 Å². The summed E-state index contributed by atoms with van der Waals surface area (Å²) >= 11 is 6.10. The van der Waals surface area contributed by atoms with Crippen molar-refractivity contribution in [3.8, 4) is 11.3 Å². The van der Waals surface area contributed by atoms with Gasteiger partial charge < -0.3 is 5.11 Å². The standard InChI is InChI=1S/C14H12ClNO2/c1-2-12-10(14(17)18)7-8-13(16-12)9-5-3-4-6-11(9)15/h3-8H,2H2,1H3,(H,17,18). The molecule has 0 spiro atoms. The molecule has 0 amide bonds. The third-order valence-corrected chi connectivity index (χ3v) is 3.02. The van der Waals surface area contributed by atoms with Gasteiger partial charge in [0.15, 0.2) is 0 Å². The van der Waals surface area contributed by atoms with E-state index in [1.807, 2.05) is 25.1 Å². The molecule has 18 heavy (non-hydrogen) atoms. The van der Waals surface area contributed by atoms with Gasteiger partial charge in [-0.1, -0.05) is 36.7 Å². The van der Waals surface area contributed by atoms with E-state index in [9.17, 15) is 4.79 Å². The van der Waals surface area contributed by atoms with E-state index in [4.69, 9.17) is 16.7 Å². The van der Waals surface area contributed by atoms with E-state index in [1.54, 1.807) is 18.2 Å². The highest BCUT2D eigenvalue weighted by Crippen LogP contribution is 2.26. The lowest BCUT2D eigenvalue weighted by Gasteiger charge is -2.07. The Kier molecular flexibility index (Phi) is 3.63. The molecule has 0 saturated heterocycles. The summed E-state index contributed by atoms with van der Waals surface area (Å²) in [5.74, 6) is -0.954. The maximum Gasteiger partial charge on any atom is 0.337 e. The van der Waals surface area contributed by atoms with Crippen molar-refractivity contribution in [2.24, 2.45) is 0 Å². The molecule has 0 aliphatic rings. The number of hydrogen-bond donors (Lipinski definition) is 1. The Labute approximate surface area is 110 Å². The highest BCUT2D eigenvalue weighted by Gasteiger charge is 2.12. The minimum atomic E-state index is -0.954. The minimum Gasteiger partial charge on any atom is -0.478 e. The first-order valence-electron chi connectivity index (χ1n) is 5.61. The smallest absolute Gasteiger partial charge is 0.337 e. The van der Waals surface area contributed by atoms with Crippen molar-refractivity contribution in [2.45, 2.75) is 13.3 Å². The van der Waals surface area contributed by atoms with Gasteiger partial charge in [0.2, 0.25) is 0 Å². The van der Waals surface area contributed by atoms with Crippen LogP contribution in [0.4, 0.5) is 0 Å². The number of halogens is 1. The van der Waals surface area contributed by atoms with Crippen LogP contribution in [0.3, 0.4) is 0 Å². The molecule has 0 aliphatic heterocycles. The summed E-state index contributed by atoms with van der Waals surface area (Å²) in [5.41, 5.74) is 2.32. The fourth-order valence-electron chi connectivity index (χ4n) is 1.78. The van der Waals surface area contributed by atoms with Crippen LogP contribution in [0.15, 0.2) is 36.4 Å². The SMILES string of the molecule is CCc1nc(-c2ccccc2Cl)ccc1C(=O)O. The lowest BCUT2D eigenvalue weighted by molar-refractivity contribution is 0.0695. The Morgan fingerprint density at radius 3 is 2.61 bits per heavy atom. The normalized spacial score (nSPS) is 10.3.